The van der Waals surface area contributed by atoms with Gasteiger partial charge in [-0.05, 0) is 58.7 Å². The topological polar surface area (TPSA) is 55.7 Å². The Labute approximate surface area is 151 Å². The second-order valence-corrected chi connectivity index (χ2v) is 7.93. The number of rotatable bonds is 4. The molecule has 3 rings (SSSR count). The van der Waals surface area contributed by atoms with Gasteiger partial charge in [0.1, 0.15) is 5.82 Å². The first-order valence-corrected chi connectivity index (χ1v) is 9.62. The Bertz CT molecular complexity index is 567. The molecule has 0 saturated carbocycles. The number of aryl methyl sites for hydroxylation is 2. The number of aliphatic hydroxyl groups excluding tert-OH is 1. The fourth-order valence-electron chi connectivity index (χ4n) is 4.23. The van der Waals surface area contributed by atoms with Crippen LogP contribution in [0.25, 0.3) is 0 Å². The Morgan fingerprint density at radius 2 is 1.92 bits per heavy atom. The van der Waals surface area contributed by atoms with Crippen LogP contribution in [0.15, 0.2) is 6.20 Å². The lowest BCUT2D eigenvalue weighted by molar-refractivity contribution is 0.155. The third-order valence-corrected chi connectivity index (χ3v) is 5.56. The van der Waals surface area contributed by atoms with Gasteiger partial charge >= 0.3 is 0 Å². The Morgan fingerprint density at radius 3 is 2.72 bits per heavy atom. The average molecular weight is 348 g/mol. The number of hydrogen-bond acceptors (Lipinski definition) is 6. The Kier molecular flexibility index (Phi) is 6.25. The van der Waals surface area contributed by atoms with Crippen LogP contribution in [0, 0.1) is 25.7 Å². The van der Waals surface area contributed by atoms with Crippen LogP contribution in [-0.4, -0.2) is 84.3 Å². The zero-order valence-electron chi connectivity index (χ0n) is 16.0. The van der Waals surface area contributed by atoms with E-state index in [1.54, 1.807) is 0 Å². The maximum absolute atomic E-state index is 9.80. The van der Waals surface area contributed by atoms with E-state index in [4.69, 9.17) is 4.98 Å². The van der Waals surface area contributed by atoms with Crippen LogP contribution in [0.5, 0.6) is 0 Å². The molecule has 2 fully saturated rings. The van der Waals surface area contributed by atoms with Crippen LogP contribution in [0.2, 0.25) is 0 Å². The van der Waals surface area contributed by atoms with Crippen molar-refractivity contribution in [2.24, 2.45) is 11.8 Å². The highest BCUT2D eigenvalue weighted by atomic mass is 16.3. The standard InChI is InChI=1S/C19H33N5O/c1-15-10-20-16(2)19(21-15)24-12-17(9-18(13-24)14-25)11-23-6-4-5-22(3)7-8-23/h10,17-18,25H,4-9,11-14H2,1-3H3/t17-,18+/m0/s1. The predicted molar refractivity (Wildman–Crippen MR) is 101 cm³/mol. The van der Waals surface area contributed by atoms with Crippen molar-refractivity contribution >= 4 is 5.82 Å². The SMILES string of the molecule is Cc1cnc(C)c(N2C[C@H](CO)C[C@@H](CN3CCCN(C)CC3)C2)n1. The lowest BCUT2D eigenvalue weighted by Crippen LogP contribution is -2.46. The van der Waals surface area contributed by atoms with Crippen LogP contribution in [0.1, 0.15) is 24.2 Å². The molecule has 0 bridgehead atoms. The van der Waals surface area contributed by atoms with Gasteiger partial charge in [0.05, 0.1) is 11.4 Å². The summed E-state index contributed by atoms with van der Waals surface area (Å²) < 4.78 is 0. The van der Waals surface area contributed by atoms with Gasteiger partial charge in [-0.3, -0.25) is 4.98 Å². The number of anilines is 1. The first-order valence-electron chi connectivity index (χ1n) is 9.62. The molecule has 6 nitrogen and oxygen atoms in total. The average Bonchev–Trinajstić information content (AvgIpc) is 2.81. The molecule has 140 valence electrons. The molecule has 0 unspecified atom stereocenters. The molecule has 0 aliphatic carbocycles. The number of hydrogen-bond donors (Lipinski definition) is 1. The maximum atomic E-state index is 9.80. The van der Waals surface area contributed by atoms with E-state index in [1.165, 1.54) is 19.5 Å². The third kappa shape index (κ3) is 4.90. The third-order valence-electron chi connectivity index (χ3n) is 5.56. The molecular formula is C19H33N5O. The maximum Gasteiger partial charge on any atom is 0.150 e. The first-order chi connectivity index (χ1) is 12.0. The van der Waals surface area contributed by atoms with Crippen LogP contribution in [0.3, 0.4) is 0 Å². The second kappa shape index (κ2) is 8.43. The lowest BCUT2D eigenvalue weighted by atomic mass is 9.89. The predicted octanol–water partition coefficient (Wildman–Crippen LogP) is 1.17. The quantitative estimate of drug-likeness (QED) is 0.882. The highest BCUT2D eigenvalue weighted by Gasteiger charge is 2.30. The lowest BCUT2D eigenvalue weighted by Gasteiger charge is -2.40. The van der Waals surface area contributed by atoms with Crippen molar-refractivity contribution < 1.29 is 5.11 Å². The molecule has 0 spiro atoms. The molecule has 3 heterocycles. The zero-order valence-corrected chi connectivity index (χ0v) is 16.0. The Balaban J connectivity index is 1.69. The number of aromatic nitrogens is 2. The Morgan fingerprint density at radius 1 is 1.12 bits per heavy atom. The molecular weight excluding hydrogens is 314 g/mol. The molecule has 6 heteroatoms. The van der Waals surface area contributed by atoms with Crippen molar-refractivity contribution in [2.45, 2.75) is 26.7 Å². The molecule has 25 heavy (non-hydrogen) atoms. The van der Waals surface area contributed by atoms with Crippen molar-refractivity contribution in [1.82, 2.24) is 19.8 Å². The molecule has 0 amide bonds. The number of nitrogens with zero attached hydrogens (tertiary/aromatic N) is 5. The summed E-state index contributed by atoms with van der Waals surface area (Å²) in [5.41, 5.74) is 1.94. The van der Waals surface area contributed by atoms with Crippen molar-refractivity contribution in [3.8, 4) is 0 Å². The minimum absolute atomic E-state index is 0.258. The van der Waals surface area contributed by atoms with Crippen LogP contribution >= 0.6 is 0 Å². The van der Waals surface area contributed by atoms with E-state index in [9.17, 15) is 5.11 Å². The fourth-order valence-corrected chi connectivity index (χ4v) is 4.23. The van der Waals surface area contributed by atoms with Gasteiger partial charge in [0.15, 0.2) is 0 Å². The van der Waals surface area contributed by atoms with E-state index in [0.717, 1.165) is 56.4 Å². The molecule has 1 aromatic rings. The molecule has 1 N–H and O–H groups in total. The summed E-state index contributed by atoms with van der Waals surface area (Å²) in [5.74, 6) is 1.91. The van der Waals surface area contributed by atoms with E-state index in [2.05, 4.69) is 26.7 Å². The van der Waals surface area contributed by atoms with Gasteiger partial charge in [-0.25, -0.2) is 4.98 Å². The zero-order chi connectivity index (χ0) is 17.8. The summed E-state index contributed by atoms with van der Waals surface area (Å²) in [6.07, 6.45) is 4.19. The van der Waals surface area contributed by atoms with Crippen LogP contribution in [-0.2, 0) is 0 Å². The van der Waals surface area contributed by atoms with E-state index < -0.39 is 0 Å². The molecule has 2 aliphatic rings. The van der Waals surface area contributed by atoms with Gasteiger partial charge in [-0.2, -0.15) is 0 Å². The van der Waals surface area contributed by atoms with E-state index in [-0.39, 0.29) is 6.61 Å². The van der Waals surface area contributed by atoms with Crippen molar-refractivity contribution in [3.63, 3.8) is 0 Å². The number of piperidine rings is 1. The smallest absolute Gasteiger partial charge is 0.150 e. The molecule has 2 aliphatic heterocycles. The molecule has 2 saturated heterocycles. The largest absolute Gasteiger partial charge is 0.396 e. The van der Waals surface area contributed by atoms with Gasteiger partial charge in [0.25, 0.3) is 0 Å². The highest BCUT2D eigenvalue weighted by molar-refractivity contribution is 5.44. The molecule has 0 aromatic carbocycles. The summed E-state index contributed by atoms with van der Waals surface area (Å²) in [7, 11) is 2.22. The van der Waals surface area contributed by atoms with Gasteiger partial charge < -0.3 is 19.8 Å². The van der Waals surface area contributed by atoms with Crippen molar-refractivity contribution in [2.75, 3.05) is 64.4 Å². The summed E-state index contributed by atoms with van der Waals surface area (Å²) in [4.78, 5) is 16.6. The van der Waals surface area contributed by atoms with Crippen molar-refractivity contribution in [3.05, 3.63) is 17.6 Å². The van der Waals surface area contributed by atoms with Gasteiger partial charge in [0, 0.05) is 45.5 Å². The summed E-state index contributed by atoms with van der Waals surface area (Å²) >= 11 is 0. The molecule has 2 atom stereocenters. The van der Waals surface area contributed by atoms with E-state index >= 15 is 0 Å². The van der Waals surface area contributed by atoms with Gasteiger partial charge in [-0.15, -0.1) is 0 Å². The highest BCUT2D eigenvalue weighted by Crippen LogP contribution is 2.27. The summed E-state index contributed by atoms with van der Waals surface area (Å²) in [6.45, 7) is 12.0. The number of likely N-dealkylation sites (N-methyl/N-ethyl adjacent to an activating group) is 1. The van der Waals surface area contributed by atoms with Gasteiger partial charge in [0.2, 0.25) is 0 Å². The Hall–Kier alpha value is -1.24. The van der Waals surface area contributed by atoms with Crippen LogP contribution in [0.4, 0.5) is 5.82 Å². The summed E-state index contributed by atoms with van der Waals surface area (Å²) in [5, 5.41) is 9.80. The van der Waals surface area contributed by atoms with E-state index in [1.807, 2.05) is 20.0 Å². The van der Waals surface area contributed by atoms with E-state index in [0.29, 0.717) is 11.8 Å². The number of aliphatic hydroxyl groups is 1. The van der Waals surface area contributed by atoms with Crippen molar-refractivity contribution in [1.29, 1.82) is 0 Å². The summed E-state index contributed by atoms with van der Waals surface area (Å²) in [6, 6.07) is 0. The normalized spacial score (nSPS) is 26.6. The second-order valence-electron chi connectivity index (χ2n) is 7.93. The molecule has 1 aromatic heterocycles. The minimum atomic E-state index is 0.258. The molecule has 0 radical (unpaired) electrons. The minimum Gasteiger partial charge on any atom is -0.396 e. The first kappa shape index (κ1) is 18.5. The van der Waals surface area contributed by atoms with Gasteiger partial charge in [-0.1, -0.05) is 0 Å². The van der Waals surface area contributed by atoms with Crippen LogP contribution < -0.4 is 4.90 Å². The fraction of sp³-hybridized carbons (Fsp3) is 0.789. The monoisotopic (exact) mass is 347 g/mol.